The predicted octanol–water partition coefficient (Wildman–Crippen LogP) is 4.68. The van der Waals surface area contributed by atoms with Crippen LogP contribution >= 0.6 is 0 Å². The fourth-order valence-corrected chi connectivity index (χ4v) is 2.15. The van der Waals surface area contributed by atoms with E-state index in [1.807, 2.05) is 25.1 Å². The fraction of sp³-hybridized carbons (Fsp3) is 0.316. The van der Waals surface area contributed by atoms with Gasteiger partial charge in [0.15, 0.2) is 6.29 Å². The normalized spacial score (nSPS) is 11.2. The molecular weight excluding hydrogens is 260 g/mol. The van der Waals surface area contributed by atoms with Crippen molar-refractivity contribution >= 4 is 6.29 Å². The van der Waals surface area contributed by atoms with Crippen molar-refractivity contribution in [3.63, 3.8) is 0 Å². The highest BCUT2D eigenvalue weighted by atomic mass is 16.5. The summed E-state index contributed by atoms with van der Waals surface area (Å²) in [6.45, 7) is 9.01. The van der Waals surface area contributed by atoms with E-state index in [-0.39, 0.29) is 5.41 Å². The molecule has 2 aromatic carbocycles. The Morgan fingerprint density at radius 3 is 2.29 bits per heavy atom. The molecule has 0 spiro atoms. The van der Waals surface area contributed by atoms with E-state index < -0.39 is 0 Å². The average Bonchev–Trinajstić information content (AvgIpc) is 2.45. The number of hydrogen-bond acceptors (Lipinski definition) is 2. The van der Waals surface area contributed by atoms with Crippen LogP contribution in [0.2, 0.25) is 0 Å². The van der Waals surface area contributed by atoms with Gasteiger partial charge >= 0.3 is 0 Å². The summed E-state index contributed by atoms with van der Waals surface area (Å²) in [5, 5.41) is 0. The second-order valence-electron chi connectivity index (χ2n) is 6.39. The van der Waals surface area contributed by atoms with Gasteiger partial charge in [0.2, 0.25) is 0 Å². The van der Waals surface area contributed by atoms with Crippen LogP contribution in [0.1, 0.15) is 47.8 Å². The number of aryl methyl sites for hydroxylation is 1. The summed E-state index contributed by atoms with van der Waals surface area (Å²) in [5.74, 6) is 0.635. The molecule has 0 aliphatic carbocycles. The lowest BCUT2D eigenvalue weighted by atomic mass is 9.87. The molecule has 2 aromatic rings. The first-order valence-corrected chi connectivity index (χ1v) is 7.18. The summed E-state index contributed by atoms with van der Waals surface area (Å²) in [7, 11) is 0. The second kappa shape index (κ2) is 6.13. The van der Waals surface area contributed by atoms with Crippen molar-refractivity contribution in [1.29, 1.82) is 0 Å². The Bertz CT molecular complexity index is 619. The molecule has 0 aromatic heterocycles. The van der Waals surface area contributed by atoms with Gasteiger partial charge in [-0.25, -0.2) is 0 Å². The Morgan fingerprint density at radius 2 is 1.71 bits per heavy atom. The largest absolute Gasteiger partial charge is 0.488 e. The number of hydrogen-bond donors (Lipinski definition) is 0. The summed E-state index contributed by atoms with van der Waals surface area (Å²) >= 11 is 0. The van der Waals surface area contributed by atoms with Gasteiger partial charge < -0.3 is 4.74 Å². The summed E-state index contributed by atoms with van der Waals surface area (Å²) in [4.78, 5) is 11.1. The minimum absolute atomic E-state index is 0.154. The molecular formula is C19H22O2. The first-order chi connectivity index (χ1) is 9.90. The van der Waals surface area contributed by atoms with Crippen LogP contribution in [-0.4, -0.2) is 6.29 Å². The molecule has 0 aliphatic heterocycles. The SMILES string of the molecule is Cc1ccc(OCc2ccc(C(C)(C)C)cc2)c(C=O)c1. The first kappa shape index (κ1) is 15.3. The Kier molecular flexibility index (Phi) is 4.46. The van der Waals surface area contributed by atoms with Crippen molar-refractivity contribution < 1.29 is 9.53 Å². The van der Waals surface area contributed by atoms with Gasteiger partial charge in [0.1, 0.15) is 12.4 Å². The van der Waals surface area contributed by atoms with E-state index in [0.29, 0.717) is 17.9 Å². The third-order valence-electron chi connectivity index (χ3n) is 3.51. The first-order valence-electron chi connectivity index (χ1n) is 7.18. The molecule has 21 heavy (non-hydrogen) atoms. The van der Waals surface area contributed by atoms with Crippen molar-refractivity contribution in [2.75, 3.05) is 0 Å². The number of aldehydes is 1. The molecule has 0 radical (unpaired) electrons. The quantitative estimate of drug-likeness (QED) is 0.761. The van der Waals surface area contributed by atoms with Crippen LogP contribution < -0.4 is 4.74 Å². The minimum Gasteiger partial charge on any atom is -0.488 e. The van der Waals surface area contributed by atoms with Gasteiger partial charge in [-0.05, 0) is 35.6 Å². The minimum atomic E-state index is 0.154. The van der Waals surface area contributed by atoms with Gasteiger partial charge in [-0.15, -0.1) is 0 Å². The molecule has 0 unspecified atom stereocenters. The van der Waals surface area contributed by atoms with E-state index in [1.54, 1.807) is 0 Å². The maximum Gasteiger partial charge on any atom is 0.153 e. The molecule has 110 valence electrons. The zero-order chi connectivity index (χ0) is 15.5. The van der Waals surface area contributed by atoms with Crippen LogP contribution in [0.15, 0.2) is 42.5 Å². The summed E-state index contributed by atoms with van der Waals surface area (Å²) in [6, 6.07) is 14.1. The van der Waals surface area contributed by atoms with Crippen LogP contribution in [0, 0.1) is 6.92 Å². The summed E-state index contributed by atoms with van der Waals surface area (Å²) < 4.78 is 5.76. The lowest BCUT2D eigenvalue weighted by Crippen LogP contribution is -2.10. The number of carbonyl (C=O) groups excluding carboxylic acids is 1. The molecule has 0 bridgehead atoms. The van der Waals surface area contributed by atoms with Gasteiger partial charge in [-0.3, -0.25) is 4.79 Å². The Morgan fingerprint density at radius 1 is 1.05 bits per heavy atom. The van der Waals surface area contributed by atoms with Gasteiger partial charge in [-0.2, -0.15) is 0 Å². The number of carbonyl (C=O) groups is 1. The molecule has 0 saturated heterocycles. The monoisotopic (exact) mass is 282 g/mol. The Hall–Kier alpha value is -2.09. The van der Waals surface area contributed by atoms with Crippen LogP contribution in [-0.2, 0) is 12.0 Å². The van der Waals surface area contributed by atoms with Crippen LogP contribution in [0.4, 0.5) is 0 Å². The third-order valence-corrected chi connectivity index (χ3v) is 3.51. The smallest absolute Gasteiger partial charge is 0.153 e. The van der Waals surface area contributed by atoms with E-state index in [2.05, 4.69) is 45.0 Å². The standard InChI is InChI=1S/C19H22O2/c1-14-5-10-18(16(11-14)12-20)21-13-15-6-8-17(9-7-15)19(2,3)4/h5-12H,13H2,1-4H3. The van der Waals surface area contributed by atoms with E-state index >= 15 is 0 Å². The van der Waals surface area contributed by atoms with Crippen LogP contribution in [0.3, 0.4) is 0 Å². The van der Waals surface area contributed by atoms with Gasteiger partial charge in [0.25, 0.3) is 0 Å². The van der Waals surface area contributed by atoms with E-state index in [9.17, 15) is 4.79 Å². The molecule has 0 atom stereocenters. The van der Waals surface area contributed by atoms with Crippen molar-refractivity contribution in [3.8, 4) is 5.75 Å². The maximum absolute atomic E-state index is 11.1. The van der Waals surface area contributed by atoms with E-state index in [4.69, 9.17) is 4.74 Å². The lowest BCUT2D eigenvalue weighted by molar-refractivity contribution is 0.111. The van der Waals surface area contributed by atoms with Gasteiger partial charge in [-0.1, -0.05) is 56.7 Å². The maximum atomic E-state index is 11.1. The van der Waals surface area contributed by atoms with Gasteiger partial charge in [0, 0.05) is 0 Å². The highest BCUT2D eigenvalue weighted by molar-refractivity contribution is 5.79. The molecule has 0 amide bonds. The van der Waals surface area contributed by atoms with Crippen LogP contribution in [0.5, 0.6) is 5.75 Å². The van der Waals surface area contributed by atoms with E-state index in [0.717, 1.165) is 17.4 Å². The van der Waals surface area contributed by atoms with Crippen molar-refractivity contribution in [2.45, 2.75) is 39.7 Å². The Balaban J connectivity index is 2.08. The summed E-state index contributed by atoms with van der Waals surface area (Å²) in [6.07, 6.45) is 0.838. The third kappa shape index (κ3) is 3.94. The van der Waals surface area contributed by atoms with Crippen molar-refractivity contribution in [2.24, 2.45) is 0 Å². The van der Waals surface area contributed by atoms with Gasteiger partial charge in [0.05, 0.1) is 5.56 Å². The highest BCUT2D eigenvalue weighted by Crippen LogP contribution is 2.23. The summed E-state index contributed by atoms with van der Waals surface area (Å²) in [5.41, 5.74) is 4.21. The molecule has 2 nitrogen and oxygen atoms in total. The van der Waals surface area contributed by atoms with Crippen LogP contribution in [0.25, 0.3) is 0 Å². The topological polar surface area (TPSA) is 26.3 Å². The fourth-order valence-electron chi connectivity index (χ4n) is 2.15. The Labute approximate surface area is 126 Å². The molecule has 0 N–H and O–H groups in total. The zero-order valence-electron chi connectivity index (χ0n) is 13.1. The van der Waals surface area contributed by atoms with Crippen molar-refractivity contribution in [1.82, 2.24) is 0 Å². The highest BCUT2D eigenvalue weighted by Gasteiger charge is 2.12. The molecule has 0 heterocycles. The molecule has 0 saturated carbocycles. The predicted molar refractivity (Wildman–Crippen MR) is 86.0 cm³/mol. The molecule has 0 fully saturated rings. The lowest BCUT2D eigenvalue weighted by Gasteiger charge is -2.19. The molecule has 2 rings (SSSR count). The number of benzene rings is 2. The second-order valence-corrected chi connectivity index (χ2v) is 6.39. The molecule has 0 aliphatic rings. The average molecular weight is 282 g/mol. The molecule has 2 heteroatoms. The number of rotatable bonds is 4. The zero-order valence-corrected chi connectivity index (χ0v) is 13.1. The number of ether oxygens (including phenoxy) is 1. The van der Waals surface area contributed by atoms with Crippen molar-refractivity contribution in [3.05, 3.63) is 64.7 Å². The van der Waals surface area contributed by atoms with E-state index in [1.165, 1.54) is 5.56 Å².